The first-order valence-electron chi connectivity index (χ1n) is 11.7. The van der Waals surface area contributed by atoms with E-state index in [1.807, 2.05) is 6.07 Å². The minimum absolute atomic E-state index is 0.00230. The molecule has 2 aromatic carbocycles. The quantitative estimate of drug-likeness (QED) is 0.411. The molecule has 6 rings (SSSR count). The maximum absolute atomic E-state index is 14.2. The molecule has 0 saturated carbocycles. The van der Waals surface area contributed by atoms with Crippen LogP contribution in [0.15, 0.2) is 48.6 Å². The van der Waals surface area contributed by atoms with E-state index < -0.39 is 17.9 Å². The van der Waals surface area contributed by atoms with Gasteiger partial charge in [0.15, 0.2) is 0 Å². The number of aromatic hydroxyl groups is 1. The van der Waals surface area contributed by atoms with Gasteiger partial charge >= 0.3 is 6.03 Å². The van der Waals surface area contributed by atoms with Crippen LogP contribution in [-0.2, 0) is 11.2 Å². The number of phenols is 1. The molecule has 3 aromatic rings. The number of hydrogen-bond acceptors (Lipinski definition) is 4. The number of carbonyl (C=O) groups excluding carboxylic acids is 2. The van der Waals surface area contributed by atoms with Crippen LogP contribution < -0.4 is 0 Å². The van der Waals surface area contributed by atoms with Crippen LogP contribution in [0, 0.1) is 5.82 Å². The number of nitrogens with one attached hydrogen (secondary N) is 1. The molecule has 1 fully saturated rings. The Kier molecular flexibility index (Phi) is 5.30. The fraction of sp³-hybridized carbons (Fsp3) is 0.308. The smallest absolute Gasteiger partial charge is 0.328 e. The van der Waals surface area contributed by atoms with E-state index in [1.54, 1.807) is 29.2 Å². The molecule has 0 spiro atoms. The van der Waals surface area contributed by atoms with Gasteiger partial charge in [-0.2, -0.15) is 0 Å². The zero-order chi connectivity index (χ0) is 24.3. The first-order chi connectivity index (χ1) is 16.9. The van der Waals surface area contributed by atoms with E-state index in [4.69, 9.17) is 11.6 Å². The Balaban J connectivity index is 1.39. The van der Waals surface area contributed by atoms with Gasteiger partial charge in [0.1, 0.15) is 23.7 Å². The topological polar surface area (TPSA) is 79.9 Å². The van der Waals surface area contributed by atoms with Crippen molar-refractivity contribution in [1.29, 1.82) is 0 Å². The number of aromatic amines is 1. The van der Waals surface area contributed by atoms with Gasteiger partial charge < -0.3 is 10.1 Å². The molecule has 3 aliphatic heterocycles. The fourth-order valence-corrected chi connectivity index (χ4v) is 5.74. The second-order valence-corrected chi connectivity index (χ2v) is 9.72. The van der Waals surface area contributed by atoms with Crippen LogP contribution in [0.1, 0.15) is 29.3 Å². The predicted molar refractivity (Wildman–Crippen MR) is 130 cm³/mol. The molecule has 7 nitrogen and oxygen atoms in total. The summed E-state index contributed by atoms with van der Waals surface area (Å²) in [6.45, 7) is 2.93. The fourth-order valence-electron chi connectivity index (χ4n) is 5.58. The number of aromatic nitrogens is 1. The molecule has 0 bridgehead atoms. The monoisotopic (exact) mass is 494 g/mol. The number of imide groups is 1. The summed E-state index contributed by atoms with van der Waals surface area (Å²) in [5.74, 6) is -0.711. The Bertz CT molecular complexity index is 1380. The standard InChI is InChI=1S/C26H24ClFN4O3/c27-19-12-17-18-13-22-25(34)31(10-4-9-30-7-1-2-8-30)26(35)32(22)24(15-5-3-6-16(33)11-15)23(18)29-21(17)14-20(19)28/h1-3,5-6,11-12,14,22,24,29,33H,4,7-10,13H2/t22-,24?/m0/s1. The number of H-pyrrole nitrogens is 1. The van der Waals surface area contributed by atoms with Crippen molar-refractivity contribution in [1.82, 2.24) is 19.7 Å². The highest BCUT2D eigenvalue weighted by molar-refractivity contribution is 6.31. The van der Waals surface area contributed by atoms with Gasteiger partial charge in [-0.25, -0.2) is 9.18 Å². The highest BCUT2D eigenvalue weighted by Crippen LogP contribution is 2.45. The molecule has 180 valence electrons. The van der Waals surface area contributed by atoms with E-state index in [-0.39, 0.29) is 22.7 Å². The molecule has 35 heavy (non-hydrogen) atoms. The van der Waals surface area contributed by atoms with Crippen molar-refractivity contribution in [2.75, 3.05) is 26.2 Å². The van der Waals surface area contributed by atoms with Crippen molar-refractivity contribution >= 4 is 34.4 Å². The number of urea groups is 1. The summed E-state index contributed by atoms with van der Waals surface area (Å²) in [4.78, 5) is 35.6. The number of hydrogen-bond donors (Lipinski definition) is 2. The van der Waals surface area contributed by atoms with Crippen LogP contribution in [0.2, 0.25) is 5.02 Å². The molecule has 2 atom stereocenters. The molecule has 3 amide bonds. The Morgan fingerprint density at radius 3 is 2.69 bits per heavy atom. The van der Waals surface area contributed by atoms with E-state index in [0.29, 0.717) is 36.2 Å². The van der Waals surface area contributed by atoms with E-state index in [9.17, 15) is 19.1 Å². The maximum atomic E-state index is 14.2. The van der Waals surface area contributed by atoms with Gasteiger partial charge in [-0.3, -0.25) is 19.5 Å². The maximum Gasteiger partial charge on any atom is 0.328 e. The van der Waals surface area contributed by atoms with Crippen LogP contribution in [0.3, 0.4) is 0 Å². The Hall–Kier alpha value is -3.36. The van der Waals surface area contributed by atoms with E-state index in [2.05, 4.69) is 22.0 Å². The predicted octanol–water partition coefficient (Wildman–Crippen LogP) is 4.21. The highest BCUT2D eigenvalue weighted by atomic mass is 35.5. The second-order valence-electron chi connectivity index (χ2n) is 9.31. The lowest BCUT2D eigenvalue weighted by Gasteiger charge is -2.36. The molecule has 4 heterocycles. The van der Waals surface area contributed by atoms with Crippen molar-refractivity contribution in [3.63, 3.8) is 0 Å². The summed E-state index contributed by atoms with van der Waals surface area (Å²) in [5.41, 5.74) is 2.76. The van der Waals surface area contributed by atoms with Gasteiger partial charge in [-0.15, -0.1) is 0 Å². The molecule has 3 aliphatic rings. The first kappa shape index (κ1) is 22.1. The summed E-state index contributed by atoms with van der Waals surface area (Å²) in [5, 5.41) is 10.9. The minimum Gasteiger partial charge on any atom is -0.508 e. The number of fused-ring (bicyclic) bond motifs is 4. The minimum atomic E-state index is -0.682. The lowest BCUT2D eigenvalue weighted by molar-refractivity contribution is -0.128. The number of nitrogens with zero attached hydrogens (tertiary/aromatic N) is 3. The zero-order valence-corrected chi connectivity index (χ0v) is 19.6. The van der Waals surface area contributed by atoms with Gasteiger partial charge in [0, 0.05) is 49.2 Å². The summed E-state index contributed by atoms with van der Waals surface area (Å²) >= 11 is 6.09. The van der Waals surface area contributed by atoms with Gasteiger partial charge in [0.2, 0.25) is 0 Å². The highest BCUT2D eigenvalue weighted by Gasteiger charge is 2.52. The lowest BCUT2D eigenvalue weighted by atomic mass is 9.89. The molecule has 1 unspecified atom stereocenters. The van der Waals surface area contributed by atoms with E-state index in [1.165, 1.54) is 11.0 Å². The summed E-state index contributed by atoms with van der Waals surface area (Å²) in [6.07, 6.45) is 5.23. The normalized spacial score (nSPS) is 21.9. The van der Waals surface area contributed by atoms with Crippen LogP contribution in [0.25, 0.3) is 10.9 Å². The van der Waals surface area contributed by atoms with Crippen LogP contribution in [-0.4, -0.2) is 68.9 Å². The molecule has 9 heteroatoms. The summed E-state index contributed by atoms with van der Waals surface area (Å²) in [6, 6.07) is 7.92. The van der Waals surface area contributed by atoms with Crippen molar-refractivity contribution < 1.29 is 19.1 Å². The number of rotatable bonds is 5. The number of carbonyl (C=O) groups is 2. The van der Waals surface area contributed by atoms with Crippen LogP contribution >= 0.6 is 11.6 Å². The Labute approximate surface area is 206 Å². The van der Waals surface area contributed by atoms with Crippen LogP contribution in [0.5, 0.6) is 5.75 Å². The SMILES string of the molecule is O=C1[C@@H]2Cc3c([nH]c4cc(F)c(Cl)cc34)C(c3cccc(O)c3)N2C(=O)N1CCCN1CC=CC1. The molecule has 2 N–H and O–H groups in total. The number of phenolic OH excluding ortho intramolecular Hbond substituents is 1. The second kappa shape index (κ2) is 8.39. The van der Waals surface area contributed by atoms with E-state index in [0.717, 1.165) is 30.6 Å². The molecular weight excluding hydrogens is 471 g/mol. The largest absolute Gasteiger partial charge is 0.508 e. The Morgan fingerprint density at radius 2 is 1.91 bits per heavy atom. The van der Waals surface area contributed by atoms with Crippen molar-refractivity contribution in [3.05, 3.63) is 76.2 Å². The molecule has 1 aromatic heterocycles. The molecular formula is C26H24ClFN4O3. The third kappa shape index (κ3) is 3.59. The summed E-state index contributed by atoms with van der Waals surface area (Å²) in [7, 11) is 0. The molecule has 1 saturated heterocycles. The average Bonchev–Trinajstić information content (AvgIpc) is 3.53. The molecule has 0 radical (unpaired) electrons. The van der Waals surface area contributed by atoms with Gasteiger partial charge in [0.25, 0.3) is 5.91 Å². The zero-order valence-electron chi connectivity index (χ0n) is 18.9. The summed E-state index contributed by atoms with van der Waals surface area (Å²) < 4.78 is 14.2. The van der Waals surface area contributed by atoms with Gasteiger partial charge in [-0.1, -0.05) is 35.9 Å². The van der Waals surface area contributed by atoms with Crippen molar-refractivity contribution in [3.8, 4) is 5.75 Å². The molecule has 0 aliphatic carbocycles. The van der Waals surface area contributed by atoms with Crippen molar-refractivity contribution in [2.45, 2.75) is 24.9 Å². The average molecular weight is 495 g/mol. The number of amides is 3. The number of benzene rings is 2. The number of halogens is 2. The third-order valence-electron chi connectivity index (χ3n) is 7.20. The third-order valence-corrected chi connectivity index (χ3v) is 7.49. The van der Waals surface area contributed by atoms with E-state index >= 15 is 0 Å². The lowest BCUT2D eigenvalue weighted by Crippen LogP contribution is -2.44. The Morgan fingerprint density at radius 1 is 1.11 bits per heavy atom. The first-order valence-corrected chi connectivity index (χ1v) is 12.1. The van der Waals surface area contributed by atoms with Gasteiger partial charge in [-0.05, 0) is 41.8 Å². The van der Waals surface area contributed by atoms with Gasteiger partial charge in [0.05, 0.1) is 5.02 Å². The van der Waals surface area contributed by atoms with Crippen LogP contribution in [0.4, 0.5) is 9.18 Å². The van der Waals surface area contributed by atoms with Crippen molar-refractivity contribution in [2.24, 2.45) is 0 Å².